The molecule has 0 aliphatic carbocycles. The molecule has 0 saturated carbocycles. The van der Waals surface area contributed by atoms with Gasteiger partial charge in [-0.2, -0.15) is 5.10 Å². The smallest absolute Gasteiger partial charge is 0.246 e. The molecule has 1 unspecified atom stereocenters. The molecule has 2 aromatic heterocycles. The van der Waals surface area contributed by atoms with Crippen molar-refractivity contribution in [2.75, 3.05) is 33.7 Å². The fraction of sp³-hybridized carbons (Fsp3) is 0.500. The van der Waals surface area contributed by atoms with Gasteiger partial charge in [0.2, 0.25) is 5.91 Å². The van der Waals surface area contributed by atoms with E-state index in [9.17, 15) is 4.79 Å². The Morgan fingerprint density at radius 3 is 3.13 bits per heavy atom. The van der Waals surface area contributed by atoms with Crippen molar-refractivity contribution in [2.24, 2.45) is 0 Å². The maximum atomic E-state index is 12.3. The Morgan fingerprint density at radius 2 is 2.30 bits per heavy atom. The number of likely N-dealkylation sites (N-methyl/N-ethyl adjacent to an activating group) is 1. The van der Waals surface area contributed by atoms with Crippen molar-refractivity contribution in [3.63, 3.8) is 0 Å². The highest BCUT2D eigenvalue weighted by Crippen LogP contribution is 2.24. The van der Waals surface area contributed by atoms with Crippen LogP contribution in [0.4, 0.5) is 0 Å². The van der Waals surface area contributed by atoms with Crippen molar-refractivity contribution in [3.8, 4) is 0 Å². The number of carbonyl (C=O) groups excluding carboxylic acids is 1. The van der Waals surface area contributed by atoms with Crippen LogP contribution in [0.2, 0.25) is 0 Å². The van der Waals surface area contributed by atoms with Gasteiger partial charge in [-0.15, -0.1) is 0 Å². The van der Waals surface area contributed by atoms with Crippen LogP contribution in [0, 0.1) is 0 Å². The summed E-state index contributed by atoms with van der Waals surface area (Å²) >= 11 is 0. The van der Waals surface area contributed by atoms with E-state index in [0.29, 0.717) is 6.54 Å². The van der Waals surface area contributed by atoms with E-state index in [4.69, 9.17) is 0 Å². The molecule has 1 aliphatic rings. The Balaban J connectivity index is 1.71. The highest BCUT2D eigenvalue weighted by Gasteiger charge is 2.25. The van der Waals surface area contributed by atoms with Gasteiger partial charge in [-0.25, -0.2) is 14.6 Å². The van der Waals surface area contributed by atoms with E-state index in [-0.39, 0.29) is 11.9 Å². The second kappa shape index (κ2) is 6.87. The number of aromatic nitrogens is 4. The number of amides is 1. The van der Waals surface area contributed by atoms with Crippen LogP contribution in [0.1, 0.15) is 18.9 Å². The highest BCUT2D eigenvalue weighted by molar-refractivity contribution is 5.87. The minimum absolute atomic E-state index is 0.0719. The molecule has 0 bridgehead atoms. The zero-order valence-corrected chi connectivity index (χ0v) is 13.6. The van der Waals surface area contributed by atoms with Crippen LogP contribution in [0.25, 0.3) is 11.0 Å². The van der Waals surface area contributed by atoms with Gasteiger partial charge in [-0.05, 0) is 26.9 Å². The van der Waals surface area contributed by atoms with Gasteiger partial charge in [0.1, 0.15) is 6.33 Å². The average molecular weight is 314 g/mol. The molecule has 1 amide bonds. The molecule has 7 heteroatoms. The summed E-state index contributed by atoms with van der Waals surface area (Å²) in [7, 11) is 3.97. The third-order valence-corrected chi connectivity index (χ3v) is 4.04. The number of hydrogen-bond acceptors (Lipinski definition) is 5. The number of likely N-dealkylation sites (tertiary alicyclic amines) is 1. The van der Waals surface area contributed by atoms with Crippen molar-refractivity contribution >= 4 is 16.9 Å². The molecule has 23 heavy (non-hydrogen) atoms. The first-order valence-electron chi connectivity index (χ1n) is 7.88. The lowest BCUT2D eigenvalue weighted by Gasteiger charge is -2.32. The summed E-state index contributed by atoms with van der Waals surface area (Å²) in [6.45, 7) is 2.24. The molecule has 3 heterocycles. The van der Waals surface area contributed by atoms with Gasteiger partial charge in [-0.1, -0.05) is 6.08 Å². The molecule has 1 fully saturated rings. The fourth-order valence-electron chi connectivity index (χ4n) is 2.89. The summed E-state index contributed by atoms with van der Waals surface area (Å²) in [5.74, 6) is 0.0719. The van der Waals surface area contributed by atoms with E-state index in [1.807, 2.05) is 34.7 Å². The lowest BCUT2D eigenvalue weighted by atomic mass is 10.1. The molecule has 2 aromatic rings. The zero-order valence-electron chi connectivity index (χ0n) is 13.6. The summed E-state index contributed by atoms with van der Waals surface area (Å²) in [4.78, 5) is 24.6. The molecule has 0 spiro atoms. The van der Waals surface area contributed by atoms with Crippen LogP contribution in [-0.2, 0) is 4.79 Å². The quantitative estimate of drug-likeness (QED) is 0.791. The second-order valence-electron chi connectivity index (χ2n) is 6.14. The number of rotatable bonds is 4. The monoisotopic (exact) mass is 314 g/mol. The van der Waals surface area contributed by atoms with Crippen molar-refractivity contribution < 1.29 is 4.79 Å². The third-order valence-electron chi connectivity index (χ3n) is 4.04. The molecule has 1 atom stereocenters. The Bertz CT molecular complexity index is 707. The molecule has 0 aromatic carbocycles. The Morgan fingerprint density at radius 1 is 1.43 bits per heavy atom. The first kappa shape index (κ1) is 15.6. The summed E-state index contributed by atoms with van der Waals surface area (Å²) in [5.41, 5.74) is 0.836. The second-order valence-corrected chi connectivity index (χ2v) is 6.14. The molecular formula is C16H22N6O. The summed E-state index contributed by atoms with van der Waals surface area (Å²) in [6, 6.07) is 0.169. The Labute approximate surface area is 135 Å². The van der Waals surface area contributed by atoms with E-state index < -0.39 is 0 Å². The van der Waals surface area contributed by atoms with Gasteiger partial charge in [0.25, 0.3) is 0 Å². The summed E-state index contributed by atoms with van der Waals surface area (Å²) in [5, 5.41) is 5.38. The third kappa shape index (κ3) is 3.56. The molecule has 3 rings (SSSR count). The van der Waals surface area contributed by atoms with Gasteiger partial charge in [-0.3, -0.25) is 4.79 Å². The topological polar surface area (TPSA) is 67.2 Å². The van der Waals surface area contributed by atoms with Crippen LogP contribution in [-0.4, -0.2) is 69.2 Å². The molecule has 0 radical (unpaired) electrons. The Hall–Kier alpha value is -2.28. The molecule has 122 valence electrons. The van der Waals surface area contributed by atoms with Gasteiger partial charge in [0.15, 0.2) is 5.65 Å². The van der Waals surface area contributed by atoms with Crippen molar-refractivity contribution in [1.82, 2.24) is 29.5 Å². The van der Waals surface area contributed by atoms with Crippen molar-refractivity contribution in [2.45, 2.75) is 18.9 Å². The van der Waals surface area contributed by atoms with Crippen LogP contribution in [0.3, 0.4) is 0 Å². The standard InChI is InChI=1S/C16H22N6O/c1-20(2)7-4-6-15(23)21-8-3-5-14(11-21)22-16-13(10-19-22)9-17-12-18-16/h4,6,9-10,12,14H,3,5,7-8,11H2,1-2H3. The minimum atomic E-state index is 0.0719. The minimum Gasteiger partial charge on any atom is -0.337 e. The van der Waals surface area contributed by atoms with Gasteiger partial charge in [0.05, 0.1) is 17.6 Å². The molecular weight excluding hydrogens is 292 g/mol. The first-order valence-corrected chi connectivity index (χ1v) is 7.88. The van der Waals surface area contributed by atoms with E-state index in [1.165, 1.54) is 6.33 Å². The molecule has 1 saturated heterocycles. The largest absolute Gasteiger partial charge is 0.337 e. The van der Waals surface area contributed by atoms with Crippen molar-refractivity contribution in [3.05, 3.63) is 30.9 Å². The first-order chi connectivity index (χ1) is 11.1. The highest BCUT2D eigenvalue weighted by atomic mass is 16.2. The van der Waals surface area contributed by atoms with Crippen LogP contribution in [0.15, 0.2) is 30.9 Å². The van der Waals surface area contributed by atoms with Gasteiger partial charge in [0, 0.05) is 31.9 Å². The van der Waals surface area contributed by atoms with Crippen LogP contribution >= 0.6 is 0 Å². The lowest BCUT2D eigenvalue weighted by molar-refractivity contribution is -0.127. The lowest BCUT2D eigenvalue weighted by Crippen LogP contribution is -2.40. The molecule has 1 aliphatic heterocycles. The predicted octanol–water partition coefficient (Wildman–Crippen LogP) is 1.11. The van der Waals surface area contributed by atoms with Crippen LogP contribution < -0.4 is 0 Å². The maximum Gasteiger partial charge on any atom is 0.246 e. The number of piperidine rings is 1. The zero-order chi connectivity index (χ0) is 16.2. The van der Waals surface area contributed by atoms with E-state index in [0.717, 1.165) is 37.0 Å². The average Bonchev–Trinajstić information content (AvgIpc) is 2.98. The maximum absolute atomic E-state index is 12.3. The predicted molar refractivity (Wildman–Crippen MR) is 87.9 cm³/mol. The van der Waals surface area contributed by atoms with Gasteiger partial charge >= 0.3 is 0 Å². The molecule has 7 nitrogen and oxygen atoms in total. The molecule has 0 N–H and O–H groups in total. The normalized spacial score (nSPS) is 19.1. The number of hydrogen-bond donors (Lipinski definition) is 0. The van der Waals surface area contributed by atoms with Crippen LogP contribution in [0.5, 0.6) is 0 Å². The summed E-state index contributed by atoms with van der Waals surface area (Å²) < 4.78 is 1.93. The fourth-order valence-corrected chi connectivity index (χ4v) is 2.89. The Kier molecular flexibility index (Phi) is 4.66. The van der Waals surface area contributed by atoms with E-state index in [2.05, 4.69) is 15.1 Å². The van der Waals surface area contributed by atoms with E-state index >= 15 is 0 Å². The number of fused-ring (bicyclic) bond motifs is 1. The SMILES string of the molecule is CN(C)CC=CC(=O)N1CCCC(n2ncc3cncnc32)C1. The number of nitrogens with zero attached hydrogens (tertiary/aromatic N) is 6. The van der Waals surface area contributed by atoms with E-state index in [1.54, 1.807) is 18.5 Å². The van der Waals surface area contributed by atoms with Gasteiger partial charge < -0.3 is 9.80 Å². The number of carbonyl (C=O) groups is 1. The van der Waals surface area contributed by atoms with Crippen molar-refractivity contribution in [1.29, 1.82) is 0 Å². The summed E-state index contributed by atoms with van der Waals surface area (Å²) in [6.07, 6.45) is 10.6.